The third-order valence-electron chi connectivity index (χ3n) is 1.02. The van der Waals surface area contributed by atoms with E-state index < -0.39 is 5.83 Å². The van der Waals surface area contributed by atoms with E-state index in [1.54, 1.807) is 13.8 Å². The molecule has 0 saturated heterocycles. The molecule has 0 aromatic rings. The molecule has 1 unspecified atom stereocenters. The number of rotatable bonds is 2. The fourth-order valence-corrected chi connectivity index (χ4v) is 0.660. The molecular formula is C7H12ClFN2. The number of nitrogens with two attached hydrogens (primary N) is 1. The second-order valence-electron chi connectivity index (χ2n) is 2.30. The van der Waals surface area contributed by atoms with Gasteiger partial charge in [-0.05, 0) is 20.8 Å². The zero-order valence-electron chi connectivity index (χ0n) is 6.86. The summed E-state index contributed by atoms with van der Waals surface area (Å²) in [6.07, 6.45) is -0.344. The molecule has 0 aliphatic rings. The number of aliphatic imine (C=N–C) groups is 1. The van der Waals surface area contributed by atoms with Crippen LogP contribution in [0.3, 0.4) is 0 Å². The topological polar surface area (TPSA) is 38.4 Å². The molecule has 0 rings (SSSR count). The first-order valence-corrected chi connectivity index (χ1v) is 3.65. The Bertz CT molecular complexity index is 193. The number of halogens is 2. The second-order valence-corrected chi connectivity index (χ2v) is 2.68. The SMILES string of the molecule is CC(=N/C(C)N)/C(Cl)=C(\C)F. The Labute approximate surface area is 70.9 Å². The average Bonchev–Trinajstić information content (AvgIpc) is 1.84. The second kappa shape index (κ2) is 4.46. The molecule has 0 bridgehead atoms. The van der Waals surface area contributed by atoms with E-state index in [0.717, 1.165) is 0 Å². The van der Waals surface area contributed by atoms with Gasteiger partial charge < -0.3 is 5.73 Å². The van der Waals surface area contributed by atoms with Crippen LogP contribution >= 0.6 is 11.6 Å². The van der Waals surface area contributed by atoms with Crippen molar-refractivity contribution in [1.82, 2.24) is 0 Å². The molecule has 0 spiro atoms. The highest BCUT2D eigenvalue weighted by atomic mass is 35.5. The summed E-state index contributed by atoms with van der Waals surface area (Å²) in [7, 11) is 0. The molecular weight excluding hydrogens is 167 g/mol. The Morgan fingerprint density at radius 3 is 2.27 bits per heavy atom. The number of allylic oxidation sites excluding steroid dienone is 2. The molecule has 2 nitrogen and oxygen atoms in total. The quantitative estimate of drug-likeness (QED) is 0.647. The maximum Gasteiger partial charge on any atom is 0.117 e. The largest absolute Gasteiger partial charge is 0.310 e. The van der Waals surface area contributed by atoms with Crippen LogP contribution in [0.5, 0.6) is 0 Å². The maximum absolute atomic E-state index is 12.4. The average molecular weight is 179 g/mol. The lowest BCUT2D eigenvalue weighted by Gasteiger charge is -2.01. The summed E-state index contributed by atoms with van der Waals surface area (Å²) in [6, 6.07) is 0. The van der Waals surface area contributed by atoms with E-state index >= 15 is 0 Å². The molecule has 0 aliphatic carbocycles. The van der Waals surface area contributed by atoms with Crippen molar-refractivity contribution in [2.45, 2.75) is 26.9 Å². The minimum Gasteiger partial charge on any atom is -0.310 e. The molecule has 0 aromatic heterocycles. The predicted molar refractivity (Wildman–Crippen MR) is 46.4 cm³/mol. The van der Waals surface area contributed by atoms with Gasteiger partial charge in [0.2, 0.25) is 0 Å². The number of hydrogen-bond donors (Lipinski definition) is 1. The number of nitrogens with zero attached hydrogens (tertiary/aromatic N) is 1. The molecule has 0 heterocycles. The van der Waals surface area contributed by atoms with Crippen LogP contribution in [-0.2, 0) is 0 Å². The molecule has 64 valence electrons. The van der Waals surface area contributed by atoms with E-state index in [9.17, 15) is 4.39 Å². The minimum atomic E-state index is -0.437. The summed E-state index contributed by atoms with van der Waals surface area (Å²) in [5.41, 5.74) is 5.77. The first kappa shape index (κ1) is 10.6. The molecule has 0 saturated carbocycles. The van der Waals surface area contributed by atoms with Gasteiger partial charge in [-0.2, -0.15) is 0 Å². The van der Waals surface area contributed by atoms with Gasteiger partial charge in [-0.15, -0.1) is 0 Å². The highest BCUT2D eigenvalue weighted by Crippen LogP contribution is 2.12. The zero-order chi connectivity index (χ0) is 9.02. The van der Waals surface area contributed by atoms with Gasteiger partial charge in [0.1, 0.15) is 5.83 Å². The lowest BCUT2D eigenvalue weighted by Crippen LogP contribution is -2.13. The minimum absolute atomic E-state index is 0.0438. The lowest BCUT2D eigenvalue weighted by molar-refractivity contribution is 0.639. The first-order valence-electron chi connectivity index (χ1n) is 3.27. The molecule has 0 amide bonds. The molecule has 4 heteroatoms. The highest BCUT2D eigenvalue weighted by molar-refractivity contribution is 6.43. The summed E-state index contributed by atoms with van der Waals surface area (Å²) in [5, 5.41) is 0.0438. The van der Waals surface area contributed by atoms with Crippen molar-refractivity contribution in [1.29, 1.82) is 0 Å². The van der Waals surface area contributed by atoms with Crippen LogP contribution in [0, 0.1) is 0 Å². The normalized spacial score (nSPS) is 17.8. The van der Waals surface area contributed by atoms with E-state index in [1.807, 2.05) is 0 Å². The molecule has 0 radical (unpaired) electrons. The van der Waals surface area contributed by atoms with Gasteiger partial charge in [0, 0.05) is 0 Å². The summed E-state index contributed by atoms with van der Waals surface area (Å²) in [4.78, 5) is 3.86. The fraction of sp³-hybridized carbons (Fsp3) is 0.571. The van der Waals surface area contributed by atoms with E-state index in [0.29, 0.717) is 5.71 Å². The molecule has 0 aromatic carbocycles. The van der Waals surface area contributed by atoms with Crippen molar-refractivity contribution in [2.75, 3.05) is 0 Å². The Balaban J connectivity index is 4.50. The monoisotopic (exact) mass is 178 g/mol. The van der Waals surface area contributed by atoms with Gasteiger partial charge in [-0.3, -0.25) is 4.99 Å². The van der Waals surface area contributed by atoms with Gasteiger partial charge in [-0.25, -0.2) is 4.39 Å². The van der Waals surface area contributed by atoms with Crippen LogP contribution in [0.25, 0.3) is 0 Å². The first-order chi connectivity index (χ1) is 4.95. The summed E-state index contributed by atoms with van der Waals surface area (Å²) in [6.45, 7) is 4.60. The molecule has 11 heavy (non-hydrogen) atoms. The highest BCUT2D eigenvalue weighted by Gasteiger charge is 2.02. The van der Waals surface area contributed by atoms with Crippen molar-refractivity contribution in [2.24, 2.45) is 10.7 Å². The fourth-order valence-electron chi connectivity index (χ4n) is 0.611. The van der Waals surface area contributed by atoms with Crippen LogP contribution in [0.15, 0.2) is 15.9 Å². The van der Waals surface area contributed by atoms with Gasteiger partial charge in [-0.1, -0.05) is 11.6 Å². The van der Waals surface area contributed by atoms with Gasteiger partial charge >= 0.3 is 0 Å². The van der Waals surface area contributed by atoms with Crippen molar-refractivity contribution in [3.63, 3.8) is 0 Å². The van der Waals surface area contributed by atoms with E-state index in [2.05, 4.69) is 4.99 Å². The van der Waals surface area contributed by atoms with E-state index in [-0.39, 0.29) is 11.2 Å². The Morgan fingerprint density at radius 2 is 2.00 bits per heavy atom. The predicted octanol–water partition coefficient (Wildman–Crippen LogP) is 2.19. The van der Waals surface area contributed by atoms with Gasteiger partial charge in [0.25, 0.3) is 0 Å². The molecule has 0 aliphatic heterocycles. The van der Waals surface area contributed by atoms with E-state index in [4.69, 9.17) is 17.3 Å². The zero-order valence-corrected chi connectivity index (χ0v) is 7.61. The van der Waals surface area contributed by atoms with Crippen LogP contribution in [-0.4, -0.2) is 11.9 Å². The van der Waals surface area contributed by atoms with Crippen molar-refractivity contribution < 1.29 is 4.39 Å². The standard InChI is InChI=1S/C7H12ClFN2/c1-4(9)7(8)5(2)11-6(3)10/h6H,10H2,1-3H3/b7-4-,11-5-. The number of hydrogen-bond acceptors (Lipinski definition) is 2. The van der Waals surface area contributed by atoms with E-state index in [1.165, 1.54) is 6.92 Å². The Morgan fingerprint density at radius 1 is 1.55 bits per heavy atom. The van der Waals surface area contributed by atoms with Crippen LogP contribution < -0.4 is 5.73 Å². The summed E-state index contributed by atoms with van der Waals surface area (Å²) < 4.78 is 12.4. The van der Waals surface area contributed by atoms with Crippen molar-refractivity contribution in [3.8, 4) is 0 Å². The summed E-state index contributed by atoms with van der Waals surface area (Å²) in [5.74, 6) is -0.437. The Hall–Kier alpha value is -0.410. The molecule has 0 fully saturated rings. The van der Waals surface area contributed by atoms with Crippen LogP contribution in [0.4, 0.5) is 4.39 Å². The van der Waals surface area contributed by atoms with Crippen LogP contribution in [0.2, 0.25) is 0 Å². The summed E-state index contributed by atoms with van der Waals surface area (Å²) >= 11 is 5.53. The van der Waals surface area contributed by atoms with Crippen molar-refractivity contribution >= 4 is 17.3 Å². The van der Waals surface area contributed by atoms with Crippen LogP contribution in [0.1, 0.15) is 20.8 Å². The smallest absolute Gasteiger partial charge is 0.117 e. The molecule has 2 N–H and O–H groups in total. The molecule has 1 atom stereocenters. The van der Waals surface area contributed by atoms with Gasteiger partial charge in [0.05, 0.1) is 16.9 Å². The Kier molecular flexibility index (Phi) is 4.30. The van der Waals surface area contributed by atoms with Gasteiger partial charge in [0.15, 0.2) is 0 Å². The third kappa shape index (κ3) is 4.11. The lowest BCUT2D eigenvalue weighted by atomic mass is 10.3. The van der Waals surface area contributed by atoms with Crippen molar-refractivity contribution in [3.05, 3.63) is 10.9 Å². The maximum atomic E-state index is 12.4. The third-order valence-corrected chi connectivity index (χ3v) is 1.55.